The van der Waals surface area contributed by atoms with Gasteiger partial charge in [0.05, 0.1) is 29.2 Å². The molecule has 1 amide bonds. The molecule has 14 heteroatoms. The zero-order valence-corrected chi connectivity index (χ0v) is 35.2. The molecular weight excluding hydrogens is 806 g/mol. The summed E-state index contributed by atoms with van der Waals surface area (Å²) in [7, 11) is 0. The van der Waals surface area contributed by atoms with Gasteiger partial charge in [-0.05, 0) is 124 Å². The van der Waals surface area contributed by atoms with E-state index in [0.29, 0.717) is 69.8 Å². The first-order valence-electron chi connectivity index (χ1n) is 19.9. The van der Waals surface area contributed by atoms with E-state index in [9.17, 15) is 27.6 Å². The second-order valence-corrected chi connectivity index (χ2v) is 16.8. The summed E-state index contributed by atoms with van der Waals surface area (Å²) in [6, 6.07) is 28.7. The minimum absolute atomic E-state index is 0.00527. The molecule has 6 aromatic rings. The van der Waals surface area contributed by atoms with Crippen molar-refractivity contribution in [1.29, 1.82) is 0 Å². The summed E-state index contributed by atoms with van der Waals surface area (Å²) in [5, 5.41) is 3.50. The summed E-state index contributed by atoms with van der Waals surface area (Å²) in [6.45, 7) is 9.72. The van der Waals surface area contributed by atoms with Gasteiger partial charge in [0.25, 0.3) is 5.91 Å². The molecule has 7 rings (SSSR count). The maximum absolute atomic E-state index is 13.9. The second-order valence-electron chi connectivity index (χ2n) is 15.7. The maximum Gasteiger partial charge on any atom is 0.392 e. The number of alkyl halides is 3. The molecule has 10 nitrogen and oxygen atoms in total. The third-order valence-corrected chi connectivity index (χ3v) is 11.2. The number of para-hydroxylation sites is 1. The Morgan fingerprint density at radius 3 is 2.36 bits per heavy atom. The number of amides is 1. The monoisotopic (exact) mass is 850 g/mol. The fourth-order valence-corrected chi connectivity index (χ4v) is 8.11. The largest absolute Gasteiger partial charge is 0.466 e. The average molecular weight is 851 g/mol. The number of anilines is 2. The van der Waals surface area contributed by atoms with E-state index in [4.69, 9.17) is 19.2 Å². The Kier molecular flexibility index (Phi) is 12.5. The lowest BCUT2D eigenvalue weighted by Gasteiger charge is -2.31. The zero-order valence-electron chi connectivity index (χ0n) is 34.4. The summed E-state index contributed by atoms with van der Waals surface area (Å²) in [5.41, 5.74) is 4.82. The number of nitrogens with zero attached hydrogens (tertiary/aromatic N) is 3. The van der Waals surface area contributed by atoms with Crippen molar-refractivity contribution in [2.75, 3.05) is 23.4 Å². The second kappa shape index (κ2) is 17.7. The Hall–Kier alpha value is -6.28. The number of hydrogen-bond donors (Lipinski definition) is 1. The van der Waals surface area contributed by atoms with Crippen LogP contribution in [0.15, 0.2) is 97.1 Å². The molecule has 1 aliphatic heterocycles. The Labute approximate surface area is 355 Å². The van der Waals surface area contributed by atoms with Crippen LogP contribution in [0.25, 0.3) is 21.3 Å². The number of halogens is 3. The summed E-state index contributed by atoms with van der Waals surface area (Å²) in [4.78, 5) is 51.0. The molecule has 2 aromatic heterocycles. The third kappa shape index (κ3) is 10.2. The molecule has 61 heavy (non-hydrogen) atoms. The number of aromatic nitrogens is 2. The topological polar surface area (TPSA) is 120 Å². The van der Waals surface area contributed by atoms with Crippen LogP contribution in [0.2, 0.25) is 0 Å². The van der Waals surface area contributed by atoms with Crippen molar-refractivity contribution in [1.82, 2.24) is 9.97 Å². The summed E-state index contributed by atoms with van der Waals surface area (Å²) in [5.74, 6) is -2.26. The highest BCUT2D eigenvalue weighted by atomic mass is 32.1. The molecule has 0 fully saturated rings. The molecule has 3 heterocycles. The van der Waals surface area contributed by atoms with E-state index in [1.807, 2.05) is 66.4 Å². The Morgan fingerprint density at radius 1 is 0.885 bits per heavy atom. The van der Waals surface area contributed by atoms with Gasteiger partial charge in [0.15, 0.2) is 10.8 Å². The smallest absolute Gasteiger partial charge is 0.392 e. The highest BCUT2D eigenvalue weighted by Gasteiger charge is 2.41. The fourth-order valence-electron chi connectivity index (χ4n) is 7.25. The molecule has 1 atom stereocenters. The SMILES string of the molecule is CCOC(=O)CC(Cc1ccc(Oc2cccc(-c3ccc(N4CCc5cccc(C(=O)Nc6nc7ccccc7s6)c5C4)nc3C(=O)OC(C)(C)C)c2C)cc1)C(F)(F)F. The number of rotatable bonds is 12. The molecule has 0 aliphatic carbocycles. The van der Waals surface area contributed by atoms with Gasteiger partial charge in [-0.15, -0.1) is 0 Å². The van der Waals surface area contributed by atoms with Crippen LogP contribution in [0.1, 0.15) is 77.2 Å². The van der Waals surface area contributed by atoms with E-state index in [0.717, 1.165) is 21.3 Å². The lowest BCUT2D eigenvalue weighted by molar-refractivity contribution is -0.184. The molecule has 0 spiro atoms. The molecule has 0 saturated heterocycles. The van der Waals surface area contributed by atoms with E-state index in [2.05, 4.69) is 10.3 Å². The van der Waals surface area contributed by atoms with Crippen LogP contribution in [-0.4, -0.2) is 52.7 Å². The third-order valence-electron chi connectivity index (χ3n) is 10.2. The van der Waals surface area contributed by atoms with Crippen LogP contribution in [0.3, 0.4) is 0 Å². The minimum Gasteiger partial charge on any atom is -0.466 e. The number of benzene rings is 4. The van der Waals surface area contributed by atoms with Crippen molar-refractivity contribution in [2.45, 2.75) is 72.2 Å². The molecule has 0 saturated carbocycles. The van der Waals surface area contributed by atoms with E-state index in [1.165, 1.54) is 11.3 Å². The van der Waals surface area contributed by atoms with Gasteiger partial charge < -0.3 is 19.1 Å². The van der Waals surface area contributed by atoms with Crippen LogP contribution in [0, 0.1) is 12.8 Å². The molecule has 4 aromatic carbocycles. The number of hydrogen-bond acceptors (Lipinski definition) is 10. The van der Waals surface area contributed by atoms with E-state index in [1.54, 1.807) is 70.2 Å². The fraction of sp³-hybridized carbons (Fsp3) is 0.298. The van der Waals surface area contributed by atoms with Gasteiger partial charge in [-0.3, -0.25) is 14.9 Å². The lowest BCUT2D eigenvalue weighted by Crippen LogP contribution is -2.33. The first kappa shape index (κ1) is 42.8. The van der Waals surface area contributed by atoms with Gasteiger partial charge in [-0.1, -0.05) is 59.9 Å². The number of esters is 2. The van der Waals surface area contributed by atoms with Crippen LogP contribution >= 0.6 is 11.3 Å². The molecule has 316 valence electrons. The predicted octanol–water partition coefficient (Wildman–Crippen LogP) is 10.9. The van der Waals surface area contributed by atoms with E-state index < -0.39 is 36.1 Å². The molecule has 1 unspecified atom stereocenters. The number of carbonyl (C=O) groups is 3. The number of thiazole rings is 1. The number of carbonyl (C=O) groups excluding carboxylic acids is 3. The highest BCUT2D eigenvalue weighted by molar-refractivity contribution is 7.22. The van der Waals surface area contributed by atoms with Crippen molar-refractivity contribution in [3.8, 4) is 22.6 Å². The van der Waals surface area contributed by atoms with Gasteiger partial charge in [-0.25, -0.2) is 14.8 Å². The average Bonchev–Trinajstić information content (AvgIpc) is 3.63. The number of ether oxygens (including phenoxy) is 3. The van der Waals surface area contributed by atoms with E-state index in [-0.39, 0.29) is 24.6 Å². The number of pyridine rings is 1. The maximum atomic E-state index is 13.9. The molecule has 0 radical (unpaired) electrons. The number of fused-ring (bicyclic) bond motifs is 2. The van der Waals surface area contributed by atoms with Crippen LogP contribution in [-0.2, 0) is 33.7 Å². The standard InChI is InChI=1S/C47H45F3N4O6S/c1-6-58-41(55)26-31(47(48,49)50)25-29-17-19-32(20-18-29)59-38-15-10-12-33(28(38)2)34-21-22-40(52-42(34)44(57)60-46(3,4)5)54-24-23-30-11-9-13-35(36(30)27-54)43(56)53-45-51-37-14-7-8-16-39(37)61-45/h7-22,31H,6,23-27H2,1-5H3,(H,51,53,56). The Morgan fingerprint density at radius 2 is 1.64 bits per heavy atom. The predicted molar refractivity (Wildman–Crippen MR) is 229 cm³/mol. The Balaban J connectivity index is 1.13. The van der Waals surface area contributed by atoms with Crippen LogP contribution < -0.4 is 15.0 Å². The highest BCUT2D eigenvalue weighted by Crippen LogP contribution is 2.38. The van der Waals surface area contributed by atoms with Crippen molar-refractivity contribution in [2.24, 2.45) is 5.92 Å². The molecule has 1 aliphatic rings. The summed E-state index contributed by atoms with van der Waals surface area (Å²) in [6.07, 6.45) is -5.08. The lowest BCUT2D eigenvalue weighted by atomic mass is 9.94. The normalized spacial score (nSPS) is 13.3. The van der Waals surface area contributed by atoms with Crippen molar-refractivity contribution in [3.63, 3.8) is 0 Å². The van der Waals surface area contributed by atoms with Gasteiger partial charge in [0, 0.05) is 24.2 Å². The van der Waals surface area contributed by atoms with Crippen LogP contribution in [0.5, 0.6) is 11.5 Å². The van der Waals surface area contributed by atoms with Crippen molar-refractivity contribution < 1.29 is 41.8 Å². The summed E-state index contributed by atoms with van der Waals surface area (Å²) < 4.78 is 59.2. The van der Waals surface area contributed by atoms with Gasteiger partial charge in [-0.2, -0.15) is 13.2 Å². The first-order chi connectivity index (χ1) is 29.1. The summed E-state index contributed by atoms with van der Waals surface area (Å²) >= 11 is 1.41. The van der Waals surface area contributed by atoms with E-state index >= 15 is 0 Å². The molecular formula is C47H45F3N4O6S. The van der Waals surface area contributed by atoms with Gasteiger partial charge in [0.2, 0.25) is 0 Å². The first-order valence-corrected chi connectivity index (χ1v) is 20.7. The van der Waals surface area contributed by atoms with Crippen LogP contribution in [0.4, 0.5) is 24.1 Å². The van der Waals surface area contributed by atoms with Crippen molar-refractivity contribution >= 4 is 50.3 Å². The molecule has 1 N–H and O–H groups in total. The zero-order chi connectivity index (χ0) is 43.5. The quantitative estimate of drug-likeness (QED) is 0.120. The minimum atomic E-state index is -4.58. The van der Waals surface area contributed by atoms with Gasteiger partial charge >= 0.3 is 18.1 Å². The molecule has 0 bridgehead atoms. The number of nitrogens with one attached hydrogen (secondary N) is 1. The Bertz CT molecular complexity index is 2550. The van der Waals surface area contributed by atoms with Crippen molar-refractivity contribution in [3.05, 3.63) is 131 Å². The van der Waals surface area contributed by atoms with Gasteiger partial charge in [0.1, 0.15) is 22.9 Å².